The third kappa shape index (κ3) is 20.7. The van der Waals surface area contributed by atoms with Crippen LogP contribution in [0, 0.1) is 29.4 Å². The van der Waals surface area contributed by atoms with E-state index in [1.807, 2.05) is 58.3 Å². The number of nitrogens with two attached hydrogens (primary N) is 2. The van der Waals surface area contributed by atoms with Gasteiger partial charge in [-0.15, -0.1) is 0 Å². The first-order valence-electron chi connectivity index (χ1n) is 37.6. The number of carbonyl (C=O) groups excluding carboxylic acids is 3. The van der Waals surface area contributed by atoms with Crippen molar-refractivity contribution in [3.63, 3.8) is 0 Å². The van der Waals surface area contributed by atoms with Crippen molar-refractivity contribution < 1.29 is 67.4 Å². The third-order valence-electron chi connectivity index (χ3n) is 19.2. The fourth-order valence-corrected chi connectivity index (χ4v) is 16.7. The number of nitrogens with one attached hydrogen (secondary N) is 4. The molecule has 2 atom stereocenters. The summed E-state index contributed by atoms with van der Waals surface area (Å²) in [4.78, 5) is 76.6. The van der Waals surface area contributed by atoms with E-state index in [1.54, 1.807) is 54.9 Å². The number of carbonyl (C=O) groups is 3. The molecule has 13 rings (SSSR count). The molecule has 0 radical (unpaired) electrons. The fraction of sp³-hybridized carbons (Fsp3) is 0.405. The lowest BCUT2D eigenvalue weighted by Crippen LogP contribution is -2.50. The Morgan fingerprint density at radius 3 is 1.54 bits per heavy atom. The molecule has 0 bridgehead atoms. The van der Waals surface area contributed by atoms with Crippen molar-refractivity contribution in [3.05, 3.63) is 162 Å². The standard InChI is InChI=1S/C28H32FN5O4S.C26H32FN5O5S.C25H31N7O4S/c1-18(2)17-38-21-15-19(14-20(29)16-21)23-9-8-22(26(31-23)34-13-5-12-28(34)10-4-11-28)27(35)33-39(36,37)25-7-3-6-24(30)32-25;1-4-36-20-6-5-11-32(15-20)25-22(26(33)31-38(34,35)24-9-10-28-30-24)7-8-23(29-25)18-12-19(27)14-21(13-18)37-16-17(2)3;1-15(2)36-24-27-12-17(13-28-24)19-10-9-18(22(29-19)32-14-16(3)11-25(32,4)5)23(33)31-37(34,35)21-8-6-7-20(26)30-21/h3,6-9,14-16,18H,4-5,10-13,17H2,1-2H3,(H2,30,32)(H,33,35);7-10,12-14,17,20H,4-6,11,15-16H2,1-3H3,(H,28,30)(H,31,33);6-10,12-13,15-16H,11,14H2,1-5H3,(H2,26,30)(H,31,33). The molecule has 10 heterocycles. The molecule has 1 saturated carbocycles. The molecule has 3 saturated heterocycles. The van der Waals surface area contributed by atoms with Gasteiger partial charge in [-0.2, -0.15) is 30.4 Å². The topological polar surface area (TPSA) is 407 Å². The average molecular weight is 1620 g/mol. The molecule has 7 aromatic heterocycles. The molecular weight excluding hydrogens is 1530 g/mol. The highest BCUT2D eigenvalue weighted by atomic mass is 32.2. The zero-order valence-corrected chi connectivity index (χ0v) is 67.5. The van der Waals surface area contributed by atoms with E-state index in [4.69, 9.17) is 45.4 Å². The zero-order valence-electron chi connectivity index (χ0n) is 65.1. The van der Waals surface area contributed by atoms with E-state index in [-0.39, 0.29) is 90.4 Å². The summed E-state index contributed by atoms with van der Waals surface area (Å²) in [5, 5.41) is 5.05. The molecule has 2 aromatic carbocycles. The predicted octanol–water partition coefficient (Wildman–Crippen LogP) is 11.4. The molecule has 9 aromatic rings. The normalized spacial score (nSPS) is 16.5. The maximum Gasteiger partial charge on any atom is 0.316 e. The predicted molar refractivity (Wildman–Crippen MR) is 426 cm³/mol. The van der Waals surface area contributed by atoms with Crippen molar-refractivity contribution in [2.24, 2.45) is 17.8 Å². The van der Waals surface area contributed by atoms with Crippen molar-refractivity contribution in [2.45, 2.75) is 159 Å². The van der Waals surface area contributed by atoms with E-state index < -0.39 is 59.4 Å². The lowest BCUT2D eigenvalue weighted by Gasteiger charge is -2.47. The number of ether oxygens (including phenoxy) is 4. The van der Waals surface area contributed by atoms with Gasteiger partial charge in [-0.1, -0.05) is 46.8 Å². The Morgan fingerprint density at radius 1 is 0.588 bits per heavy atom. The molecule has 114 heavy (non-hydrogen) atoms. The summed E-state index contributed by atoms with van der Waals surface area (Å²) in [5.74, 6) is -0.672. The Balaban J connectivity index is 0.000000169. The van der Waals surface area contributed by atoms with E-state index in [2.05, 4.69) is 70.0 Å². The SMILES string of the molecule is CC(C)COc1cc(F)cc(-c2ccc(C(=O)NS(=O)(=O)c3cccc(N)n3)c(N3CCCC34CCC4)n2)c1.CC1CN(c2nc(-c3cnc(OC(C)C)nc3)ccc2C(=O)NS(=O)(=O)c2cccc(N)n2)C(C)(C)C1.CCOC1CCCN(c2nc(-c3cc(F)cc(OCC(C)C)c3)ccc2C(=O)NS(=O)(=O)c2ccn[nH]2)C1. The van der Waals surface area contributed by atoms with Crippen LogP contribution in [0.5, 0.6) is 17.5 Å². The molecule has 3 amide bonds. The van der Waals surface area contributed by atoms with Crippen LogP contribution >= 0.6 is 0 Å². The summed E-state index contributed by atoms with van der Waals surface area (Å²) in [6, 6.07) is 28.0. The number of piperidine rings is 1. The van der Waals surface area contributed by atoms with Crippen LogP contribution in [0.2, 0.25) is 0 Å². The quantitative estimate of drug-likeness (QED) is 0.0309. The van der Waals surface area contributed by atoms with Gasteiger partial charge in [-0.3, -0.25) is 19.5 Å². The van der Waals surface area contributed by atoms with Crippen LogP contribution in [0.1, 0.15) is 152 Å². The van der Waals surface area contributed by atoms with Gasteiger partial charge in [0.2, 0.25) is 0 Å². The molecule has 2 unspecified atom stereocenters. The van der Waals surface area contributed by atoms with Crippen molar-refractivity contribution >= 4 is 76.9 Å². The summed E-state index contributed by atoms with van der Waals surface area (Å²) in [6.45, 7) is 23.8. The lowest BCUT2D eigenvalue weighted by molar-refractivity contribution is 0.0524. The molecule has 1 aliphatic carbocycles. The van der Waals surface area contributed by atoms with Gasteiger partial charge in [0.25, 0.3) is 47.8 Å². The number of sulfonamides is 3. The third-order valence-corrected chi connectivity index (χ3v) is 22.9. The number of hydrogen-bond donors (Lipinski definition) is 6. The molecule has 8 N–H and O–H groups in total. The minimum atomic E-state index is -4.28. The molecule has 1 spiro atoms. The summed E-state index contributed by atoms with van der Waals surface area (Å²) < 4.78 is 135. The highest BCUT2D eigenvalue weighted by Crippen LogP contribution is 2.48. The molecule has 606 valence electrons. The number of aromatic amines is 1. The minimum absolute atomic E-state index is 0.0212. The maximum atomic E-state index is 14.5. The van der Waals surface area contributed by atoms with Crippen LogP contribution in [-0.2, 0) is 34.8 Å². The number of aromatic nitrogens is 9. The van der Waals surface area contributed by atoms with Gasteiger partial charge in [0.15, 0.2) is 15.1 Å². The van der Waals surface area contributed by atoms with Gasteiger partial charge in [-0.25, -0.2) is 57.8 Å². The number of benzene rings is 2. The van der Waals surface area contributed by atoms with Crippen molar-refractivity contribution in [1.82, 2.24) is 59.3 Å². The lowest BCUT2D eigenvalue weighted by atomic mass is 9.75. The number of pyridine rings is 5. The van der Waals surface area contributed by atoms with Crippen LogP contribution in [0.4, 0.5) is 37.9 Å². The zero-order chi connectivity index (χ0) is 82.0. The van der Waals surface area contributed by atoms with Gasteiger partial charge in [-0.05, 0) is 195 Å². The summed E-state index contributed by atoms with van der Waals surface area (Å²) in [7, 11) is -12.7. The number of nitrogen functional groups attached to an aromatic ring is 2. The van der Waals surface area contributed by atoms with Gasteiger partial charge in [0, 0.05) is 85.1 Å². The van der Waals surface area contributed by atoms with Crippen molar-refractivity contribution in [1.29, 1.82) is 0 Å². The maximum absolute atomic E-state index is 14.5. The van der Waals surface area contributed by atoms with Crippen molar-refractivity contribution in [2.75, 3.05) is 72.2 Å². The molecular formula is C79H95F2N17O13S3. The van der Waals surface area contributed by atoms with Gasteiger partial charge in [0.05, 0.1) is 65.4 Å². The molecule has 4 fully saturated rings. The van der Waals surface area contributed by atoms with E-state index >= 15 is 0 Å². The van der Waals surface area contributed by atoms with Crippen LogP contribution in [0.25, 0.3) is 33.8 Å². The highest BCUT2D eigenvalue weighted by molar-refractivity contribution is 7.90. The summed E-state index contributed by atoms with van der Waals surface area (Å²) in [5.41, 5.74) is 14.2. The average Bonchev–Trinajstić information content (AvgIpc) is 1.53. The molecule has 4 aliphatic rings. The Labute approximate surface area is 662 Å². The van der Waals surface area contributed by atoms with Gasteiger partial charge < -0.3 is 45.1 Å². The Hall–Kier alpha value is -11.0. The van der Waals surface area contributed by atoms with Crippen LogP contribution < -0.4 is 54.5 Å². The number of hydrogen-bond acceptors (Lipinski definition) is 26. The monoisotopic (exact) mass is 1620 g/mol. The number of H-pyrrole nitrogens is 1. The summed E-state index contributed by atoms with van der Waals surface area (Å²) in [6.07, 6.45) is 11.8. The van der Waals surface area contributed by atoms with Gasteiger partial charge in [0.1, 0.15) is 52.2 Å². The Bertz CT molecular complexity index is 5310. The first-order chi connectivity index (χ1) is 54.1. The second kappa shape index (κ2) is 35.6. The molecule has 3 aliphatic heterocycles. The number of rotatable bonds is 25. The molecule has 30 nitrogen and oxygen atoms in total. The van der Waals surface area contributed by atoms with E-state index in [9.17, 15) is 48.4 Å². The second-order valence-electron chi connectivity index (χ2n) is 30.1. The van der Waals surface area contributed by atoms with Gasteiger partial charge >= 0.3 is 6.01 Å². The smallest absolute Gasteiger partial charge is 0.316 e. The number of nitrogens with zero attached hydrogens (tertiary/aromatic N) is 11. The van der Waals surface area contributed by atoms with Crippen LogP contribution in [0.15, 0.2) is 149 Å². The van der Waals surface area contributed by atoms with E-state index in [1.165, 1.54) is 79.0 Å². The Kier molecular flexibility index (Phi) is 26.2. The molecule has 35 heteroatoms. The largest absolute Gasteiger partial charge is 0.493 e. The van der Waals surface area contributed by atoms with Crippen LogP contribution in [-0.4, -0.2) is 157 Å². The van der Waals surface area contributed by atoms with E-state index in [0.29, 0.717) is 109 Å². The fourth-order valence-electron chi connectivity index (χ4n) is 13.9. The highest BCUT2D eigenvalue weighted by Gasteiger charge is 2.48. The van der Waals surface area contributed by atoms with Crippen molar-refractivity contribution in [3.8, 4) is 51.3 Å². The minimum Gasteiger partial charge on any atom is -0.493 e. The number of amides is 3. The Morgan fingerprint density at radius 2 is 1.08 bits per heavy atom. The first-order valence-corrected chi connectivity index (χ1v) is 42.0. The van der Waals surface area contributed by atoms with E-state index in [0.717, 1.165) is 51.4 Å². The number of halogens is 2. The summed E-state index contributed by atoms with van der Waals surface area (Å²) >= 11 is 0. The van der Waals surface area contributed by atoms with Crippen LogP contribution in [0.3, 0.4) is 0 Å². The number of anilines is 5. The second-order valence-corrected chi connectivity index (χ2v) is 35.1. The first kappa shape index (κ1) is 83.9.